The Morgan fingerprint density at radius 3 is 2.33 bits per heavy atom. The molecular formula is C26H25ClFN5O3. The summed E-state index contributed by atoms with van der Waals surface area (Å²) in [6, 6.07) is 15.7. The fourth-order valence-corrected chi connectivity index (χ4v) is 3.21. The lowest BCUT2D eigenvalue weighted by Gasteiger charge is -2.07. The Labute approximate surface area is 212 Å². The van der Waals surface area contributed by atoms with Gasteiger partial charge in [-0.15, -0.1) is 0 Å². The van der Waals surface area contributed by atoms with E-state index in [0.717, 1.165) is 11.6 Å². The van der Waals surface area contributed by atoms with Crippen LogP contribution < -0.4 is 16.2 Å². The lowest BCUT2D eigenvalue weighted by atomic mass is 10.2. The molecule has 8 nitrogen and oxygen atoms in total. The summed E-state index contributed by atoms with van der Waals surface area (Å²) in [4.78, 5) is 35.6. The molecule has 0 bridgehead atoms. The van der Waals surface area contributed by atoms with E-state index in [1.165, 1.54) is 42.2 Å². The first-order chi connectivity index (χ1) is 17.5. The molecule has 2 aromatic heterocycles. The van der Waals surface area contributed by atoms with E-state index in [2.05, 4.69) is 20.2 Å². The molecule has 1 fully saturated rings. The van der Waals surface area contributed by atoms with E-state index in [-0.39, 0.29) is 11.2 Å². The van der Waals surface area contributed by atoms with Crippen LogP contribution in [-0.2, 0) is 16.1 Å². The number of anilines is 2. The number of imidazole rings is 1. The number of nitrogens with zero attached hydrogens (tertiary/aromatic N) is 3. The number of amides is 2. The minimum absolute atomic E-state index is 0.0766. The van der Waals surface area contributed by atoms with Gasteiger partial charge in [0.1, 0.15) is 5.82 Å². The summed E-state index contributed by atoms with van der Waals surface area (Å²) in [5.74, 6) is 0.365. The van der Waals surface area contributed by atoms with Crippen molar-refractivity contribution in [2.24, 2.45) is 5.92 Å². The number of hydrogen-bond acceptors (Lipinski definition) is 4. The number of aromatic nitrogens is 3. The molecule has 4 aromatic rings. The second-order valence-electron chi connectivity index (χ2n) is 7.81. The van der Waals surface area contributed by atoms with Crippen molar-refractivity contribution < 1.29 is 14.0 Å². The third-order valence-corrected chi connectivity index (χ3v) is 5.31. The van der Waals surface area contributed by atoms with Crippen LogP contribution in [0.4, 0.5) is 15.8 Å². The molecular weight excluding hydrogens is 485 g/mol. The van der Waals surface area contributed by atoms with Crippen molar-refractivity contribution in [2.75, 3.05) is 10.6 Å². The molecule has 5 rings (SSSR count). The molecule has 2 aromatic carbocycles. The molecule has 10 heteroatoms. The maximum Gasteiger partial charge on any atom is 0.255 e. The predicted molar refractivity (Wildman–Crippen MR) is 138 cm³/mol. The highest BCUT2D eigenvalue weighted by Gasteiger charge is 2.20. The highest BCUT2D eigenvalue weighted by Crippen LogP contribution is 2.30. The van der Waals surface area contributed by atoms with Gasteiger partial charge in [0.2, 0.25) is 12.8 Å². The van der Waals surface area contributed by atoms with Gasteiger partial charge in [0.15, 0.2) is 0 Å². The molecule has 0 unspecified atom stereocenters. The van der Waals surface area contributed by atoms with E-state index in [1.54, 1.807) is 48.7 Å². The minimum atomic E-state index is -0.592. The second-order valence-corrected chi connectivity index (χ2v) is 8.24. The molecule has 1 saturated carbocycles. The summed E-state index contributed by atoms with van der Waals surface area (Å²) < 4.78 is 17.0. The number of pyridine rings is 1. The molecule has 0 saturated heterocycles. The largest absolute Gasteiger partial charge is 0.337 e. The predicted octanol–water partition coefficient (Wildman–Crippen LogP) is 4.75. The van der Waals surface area contributed by atoms with E-state index in [1.807, 2.05) is 18.7 Å². The van der Waals surface area contributed by atoms with Crippen LogP contribution in [0.1, 0.15) is 12.8 Å². The van der Waals surface area contributed by atoms with Gasteiger partial charge in [0.25, 0.3) is 5.56 Å². The lowest BCUT2D eigenvalue weighted by molar-refractivity contribution is -0.106. The van der Waals surface area contributed by atoms with E-state index in [0.29, 0.717) is 23.5 Å². The minimum Gasteiger partial charge on any atom is -0.337 e. The quantitative estimate of drug-likeness (QED) is 0.351. The van der Waals surface area contributed by atoms with Crippen molar-refractivity contribution in [3.8, 4) is 5.69 Å². The van der Waals surface area contributed by atoms with Gasteiger partial charge in [-0.3, -0.25) is 19.0 Å². The molecule has 1 aliphatic rings. The topological polar surface area (TPSA) is 98.0 Å². The summed E-state index contributed by atoms with van der Waals surface area (Å²) in [6.07, 6.45) is 11.1. The molecule has 2 amide bonds. The number of carbonyl (C=O) groups excluding carboxylic acids is 2. The van der Waals surface area contributed by atoms with E-state index in [4.69, 9.17) is 11.6 Å². The van der Waals surface area contributed by atoms with E-state index in [9.17, 15) is 18.8 Å². The molecule has 0 spiro atoms. The van der Waals surface area contributed by atoms with Gasteiger partial charge in [-0.05, 0) is 61.2 Å². The summed E-state index contributed by atoms with van der Waals surface area (Å²) in [5.41, 5.74) is 0.986. The van der Waals surface area contributed by atoms with Gasteiger partial charge in [-0.1, -0.05) is 17.7 Å². The first-order valence-electron chi connectivity index (χ1n) is 11.1. The van der Waals surface area contributed by atoms with Gasteiger partial charge < -0.3 is 15.2 Å². The highest BCUT2D eigenvalue weighted by molar-refractivity contribution is 6.30. The number of halogens is 2. The van der Waals surface area contributed by atoms with E-state index < -0.39 is 5.82 Å². The standard InChI is InChI=1S/C12H9FN2O2.C7H6ClNO.C7H10N2/c13-10-7-9(4-5-11(10)14-8-16)15-6-2-1-3-12(15)17;8-6-1-3-7(4-2-6)9-5-10;1-2-7(1)5-9-4-3-8-6-9/h1-8H,(H,14,16);1-5H,(H,9,10);3-4,6-7H,1-2,5H2. The third kappa shape index (κ3) is 8.52. The number of rotatable bonds is 7. The molecule has 36 heavy (non-hydrogen) atoms. The third-order valence-electron chi connectivity index (χ3n) is 5.06. The van der Waals surface area contributed by atoms with Crippen LogP contribution in [-0.4, -0.2) is 26.9 Å². The van der Waals surface area contributed by atoms with Crippen molar-refractivity contribution in [3.63, 3.8) is 0 Å². The summed E-state index contributed by atoms with van der Waals surface area (Å²) in [7, 11) is 0. The van der Waals surface area contributed by atoms with Crippen LogP contribution >= 0.6 is 11.6 Å². The van der Waals surface area contributed by atoms with Gasteiger partial charge in [-0.2, -0.15) is 0 Å². The summed E-state index contributed by atoms with van der Waals surface area (Å²) >= 11 is 5.60. The number of nitrogens with one attached hydrogen (secondary N) is 2. The second kappa shape index (κ2) is 13.6. The maximum atomic E-state index is 13.5. The van der Waals surface area contributed by atoms with Crippen molar-refractivity contribution in [3.05, 3.63) is 107 Å². The summed E-state index contributed by atoms with van der Waals surface area (Å²) in [5, 5.41) is 5.39. The Kier molecular flexibility index (Phi) is 9.96. The Morgan fingerprint density at radius 2 is 1.75 bits per heavy atom. The number of carbonyl (C=O) groups is 2. The van der Waals surface area contributed by atoms with Crippen molar-refractivity contribution in [2.45, 2.75) is 19.4 Å². The molecule has 0 aliphatic heterocycles. The number of hydrogen-bond donors (Lipinski definition) is 2. The van der Waals surface area contributed by atoms with Crippen molar-refractivity contribution in [1.29, 1.82) is 0 Å². The van der Waals surface area contributed by atoms with Crippen LogP contribution in [0.3, 0.4) is 0 Å². The highest BCUT2D eigenvalue weighted by atomic mass is 35.5. The zero-order chi connectivity index (χ0) is 25.8. The molecule has 1 aliphatic carbocycles. The molecule has 186 valence electrons. The molecule has 2 heterocycles. The van der Waals surface area contributed by atoms with Crippen molar-refractivity contribution >= 4 is 35.8 Å². The molecule has 2 N–H and O–H groups in total. The maximum absolute atomic E-state index is 13.5. The van der Waals surface area contributed by atoms with E-state index >= 15 is 0 Å². The normalized spacial score (nSPS) is 11.7. The molecule has 0 radical (unpaired) electrons. The Bertz CT molecular complexity index is 1310. The SMILES string of the molecule is O=CNc1ccc(-n2ccccc2=O)cc1F.O=CNc1ccc(Cl)cc1.c1cn(CC2CC2)cn1. The first-order valence-corrected chi connectivity index (χ1v) is 11.5. The monoisotopic (exact) mass is 509 g/mol. The summed E-state index contributed by atoms with van der Waals surface area (Å²) in [6.45, 7) is 1.18. The van der Waals surface area contributed by atoms with Gasteiger partial charge in [0, 0.05) is 48.0 Å². The van der Waals surface area contributed by atoms with Crippen LogP contribution in [0.15, 0.2) is 90.4 Å². The zero-order valence-corrected chi connectivity index (χ0v) is 20.0. The smallest absolute Gasteiger partial charge is 0.255 e. The van der Waals surface area contributed by atoms with Gasteiger partial charge in [-0.25, -0.2) is 9.37 Å². The van der Waals surface area contributed by atoms with Gasteiger partial charge in [0.05, 0.1) is 17.7 Å². The fraction of sp³-hybridized carbons (Fsp3) is 0.154. The fourth-order valence-electron chi connectivity index (χ4n) is 3.08. The Balaban J connectivity index is 0.000000162. The Morgan fingerprint density at radius 1 is 1.00 bits per heavy atom. The van der Waals surface area contributed by atoms with Gasteiger partial charge >= 0.3 is 0 Å². The molecule has 0 atom stereocenters. The Hall–Kier alpha value is -4.24. The lowest BCUT2D eigenvalue weighted by Crippen LogP contribution is -2.15. The van der Waals surface area contributed by atoms with Crippen LogP contribution in [0.2, 0.25) is 5.02 Å². The average Bonchev–Trinajstić information content (AvgIpc) is 3.54. The van der Waals surface area contributed by atoms with Crippen LogP contribution in [0.5, 0.6) is 0 Å². The average molecular weight is 510 g/mol. The van der Waals surface area contributed by atoms with Crippen LogP contribution in [0.25, 0.3) is 5.69 Å². The zero-order valence-electron chi connectivity index (χ0n) is 19.3. The van der Waals surface area contributed by atoms with Crippen LogP contribution in [0, 0.1) is 11.7 Å². The number of benzene rings is 2. The first kappa shape index (κ1) is 26.4. The van der Waals surface area contributed by atoms with Crippen molar-refractivity contribution in [1.82, 2.24) is 14.1 Å².